The molecule has 2 aromatic heterocycles. The fourth-order valence-electron chi connectivity index (χ4n) is 7.93. The lowest BCUT2D eigenvalue weighted by Crippen LogP contribution is -2.56. The van der Waals surface area contributed by atoms with Gasteiger partial charge in [-0.15, -0.1) is 0 Å². The first kappa shape index (κ1) is 44.7. The number of rotatable bonds is 9. The van der Waals surface area contributed by atoms with E-state index in [-0.39, 0.29) is 36.7 Å². The van der Waals surface area contributed by atoms with E-state index in [0.717, 1.165) is 44.4 Å². The number of benzene rings is 4. The normalized spacial score (nSPS) is 16.2. The van der Waals surface area contributed by atoms with Gasteiger partial charge in [-0.3, -0.25) is 14.4 Å². The molecule has 13 nitrogen and oxygen atoms in total. The van der Waals surface area contributed by atoms with Gasteiger partial charge in [-0.2, -0.15) is 5.26 Å². The quantitative estimate of drug-likeness (QED) is 0.139. The zero-order chi connectivity index (χ0) is 44.8. The number of halogens is 4. The Morgan fingerprint density at radius 1 is 0.667 bits per heavy atom. The monoisotopic (exact) mass is 920 g/mol. The number of nitrogens with two attached hydrogens (primary N) is 1. The number of piperazine rings is 2. The van der Waals surface area contributed by atoms with E-state index in [2.05, 4.69) is 44.1 Å². The van der Waals surface area contributed by atoms with E-state index in [1.54, 1.807) is 9.80 Å². The molecule has 2 aliphatic rings. The Bertz CT molecular complexity index is 2770. The summed E-state index contributed by atoms with van der Waals surface area (Å²) in [7, 11) is 0. The molecule has 6 aromatic rings. The highest BCUT2D eigenvalue weighted by Gasteiger charge is 2.33. The van der Waals surface area contributed by atoms with E-state index in [4.69, 9.17) is 52.1 Å². The third-order valence-electron chi connectivity index (χ3n) is 11.0. The first-order chi connectivity index (χ1) is 30.4. The maximum absolute atomic E-state index is 12.3. The number of nitrogens with zero attached hydrogens (tertiary/aromatic N) is 9. The highest BCUT2D eigenvalue weighted by Crippen LogP contribution is 2.37. The van der Waals surface area contributed by atoms with E-state index in [9.17, 15) is 19.6 Å². The number of anilines is 2. The molecule has 2 fully saturated rings. The van der Waals surface area contributed by atoms with Crippen LogP contribution in [0.4, 0.5) is 11.6 Å². The van der Waals surface area contributed by atoms with Crippen molar-refractivity contribution in [1.82, 2.24) is 29.7 Å². The Morgan fingerprint density at radius 3 is 1.51 bits per heavy atom. The van der Waals surface area contributed by atoms with Crippen LogP contribution in [0.5, 0.6) is 0 Å². The average Bonchev–Trinajstić information content (AvgIpc) is 3.28. The Kier molecular flexibility index (Phi) is 14.1. The Hall–Kier alpha value is -6.30. The van der Waals surface area contributed by atoms with Crippen molar-refractivity contribution in [1.29, 1.82) is 5.26 Å². The minimum atomic E-state index is -0.469. The third kappa shape index (κ3) is 10.0. The number of fused-ring (bicyclic) bond motifs is 2. The summed E-state index contributed by atoms with van der Waals surface area (Å²) >= 11 is 25.2. The Labute approximate surface area is 383 Å². The molecule has 3 amide bonds. The molecule has 4 heterocycles. The molecule has 0 radical (unpaired) electrons. The summed E-state index contributed by atoms with van der Waals surface area (Å²) in [6, 6.07) is 24.1. The topological polar surface area (TPSA) is 166 Å². The van der Waals surface area contributed by atoms with Crippen molar-refractivity contribution in [2.75, 3.05) is 49.1 Å². The van der Waals surface area contributed by atoms with Crippen LogP contribution in [-0.2, 0) is 14.4 Å². The maximum atomic E-state index is 12.3. The molecule has 2 aliphatic heterocycles. The molecule has 2 N–H and O–H groups in total. The van der Waals surface area contributed by atoms with Gasteiger partial charge in [-0.05, 0) is 71.8 Å². The van der Waals surface area contributed by atoms with Crippen LogP contribution in [0.15, 0.2) is 111 Å². The fourth-order valence-corrected chi connectivity index (χ4v) is 8.72. The Morgan fingerprint density at radius 2 is 1.10 bits per heavy atom. The summed E-state index contributed by atoms with van der Waals surface area (Å²) in [5.41, 5.74) is 10.4. The van der Waals surface area contributed by atoms with Gasteiger partial charge in [0.15, 0.2) is 0 Å². The standard InChI is InChI=1S/C23H21Cl2N5O2.C23H19Cl2N5O/c1-2-22(32)30-8-7-29(12-16(30)9-21(26)31)23-18-10-17(14-3-5-15(24)6-4-14)19(25)11-20(18)27-13-28-23;1-2-22(31)30-10-9-29(13-17(30)7-8-26)23-19-11-18(15-3-5-16(24)6-4-15)20(25)12-21(19)27-14-28-23/h2-6,10-11,13,16H,1,7-9,12H2,(H2,26,31);2-6,11-12,14,17H,1,7,9-10,13H2. The molecule has 320 valence electrons. The molecule has 0 saturated carbocycles. The molecule has 8 rings (SSSR count). The van der Waals surface area contributed by atoms with Crippen LogP contribution in [0.1, 0.15) is 12.8 Å². The second-order valence-electron chi connectivity index (χ2n) is 14.8. The van der Waals surface area contributed by atoms with Gasteiger partial charge in [0.1, 0.15) is 24.3 Å². The third-order valence-corrected chi connectivity index (χ3v) is 12.1. The van der Waals surface area contributed by atoms with Crippen LogP contribution in [0.25, 0.3) is 44.1 Å². The fraction of sp³-hybridized carbons (Fsp3) is 0.217. The number of carbonyl (C=O) groups is 3. The number of hydrogen-bond acceptors (Lipinski definition) is 10. The number of aromatic nitrogens is 4. The highest BCUT2D eigenvalue weighted by atomic mass is 35.5. The van der Waals surface area contributed by atoms with E-state index in [1.165, 1.54) is 24.8 Å². The summed E-state index contributed by atoms with van der Waals surface area (Å²) in [6.07, 6.45) is 5.84. The number of hydrogen-bond donors (Lipinski definition) is 1. The first-order valence-corrected chi connectivity index (χ1v) is 21.3. The van der Waals surface area contributed by atoms with Crippen molar-refractivity contribution >= 4 is 97.6 Å². The van der Waals surface area contributed by atoms with E-state index in [0.29, 0.717) is 70.7 Å². The van der Waals surface area contributed by atoms with E-state index < -0.39 is 5.91 Å². The highest BCUT2D eigenvalue weighted by molar-refractivity contribution is 6.35. The van der Waals surface area contributed by atoms with E-state index >= 15 is 0 Å². The molecule has 17 heteroatoms. The van der Waals surface area contributed by atoms with Crippen molar-refractivity contribution < 1.29 is 14.4 Å². The number of nitriles is 1. The second-order valence-corrected chi connectivity index (χ2v) is 16.5. The van der Waals surface area contributed by atoms with Crippen LogP contribution in [0.2, 0.25) is 20.1 Å². The maximum Gasteiger partial charge on any atom is 0.246 e. The summed E-state index contributed by atoms with van der Waals surface area (Å²) in [6.45, 7) is 10.1. The smallest absolute Gasteiger partial charge is 0.246 e. The Balaban J connectivity index is 0.000000189. The predicted molar refractivity (Wildman–Crippen MR) is 250 cm³/mol. The lowest BCUT2D eigenvalue weighted by molar-refractivity contribution is -0.130. The van der Waals surface area contributed by atoms with Crippen LogP contribution < -0.4 is 15.5 Å². The summed E-state index contributed by atoms with van der Waals surface area (Å²) in [5, 5.41) is 13.4. The van der Waals surface area contributed by atoms with Crippen LogP contribution in [0, 0.1) is 11.3 Å². The van der Waals surface area contributed by atoms with Crippen molar-refractivity contribution in [3.8, 4) is 28.3 Å². The van der Waals surface area contributed by atoms with Crippen LogP contribution in [-0.4, -0.2) is 98.8 Å². The van der Waals surface area contributed by atoms with Gasteiger partial charge in [0.25, 0.3) is 0 Å². The van der Waals surface area contributed by atoms with Gasteiger partial charge < -0.3 is 25.3 Å². The van der Waals surface area contributed by atoms with Gasteiger partial charge in [0, 0.05) is 77.6 Å². The van der Waals surface area contributed by atoms with Crippen molar-refractivity contribution in [2.45, 2.75) is 24.9 Å². The second kappa shape index (κ2) is 19.8. The first-order valence-electron chi connectivity index (χ1n) is 19.8. The molecular weight excluding hydrogens is 882 g/mol. The molecule has 2 unspecified atom stereocenters. The molecule has 2 saturated heterocycles. The average molecular weight is 923 g/mol. The number of primary amides is 1. The van der Waals surface area contributed by atoms with Crippen LogP contribution >= 0.6 is 46.4 Å². The zero-order valence-electron chi connectivity index (χ0n) is 33.8. The molecular formula is C46H40Cl4N10O3. The molecule has 0 aliphatic carbocycles. The minimum Gasteiger partial charge on any atom is -0.370 e. The van der Waals surface area contributed by atoms with Gasteiger partial charge in [0.05, 0.1) is 45.7 Å². The van der Waals surface area contributed by atoms with Crippen molar-refractivity contribution in [2.24, 2.45) is 5.73 Å². The SMILES string of the molecule is C=CC(=O)N1CCN(c2ncnc3cc(Cl)c(-c4ccc(Cl)cc4)cc23)CC1CC#N.C=CC(=O)N1CCN(c2ncnc3cc(Cl)c(-c4ccc(Cl)cc4)cc23)CC1CC(N)=O. The van der Waals surface area contributed by atoms with Gasteiger partial charge in [-0.25, -0.2) is 19.9 Å². The van der Waals surface area contributed by atoms with Crippen molar-refractivity contribution in [3.63, 3.8) is 0 Å². The van der Waals surface area contributed by atoms with Crippen LogP contribution in [0.3, 0.4) is 0 Å². The van der Waals surface area contributed by atoms with Gasteiger partial charge >= 0.3 is 0 Å². The number of carbonyl (C=O) groups excluding carboxylic acids is 3. The molecule has 0 spiro atoms. The summed E-state index contributed by atoms with van der Waals surface area (Å²) in [4.78, 5) is 61.4. The summed E-state index contributed by atoms with van der Waals surface area (Å²) < 4.78 is 0. The molecule has 4 aromatic carbocycles. The lowest BCUT2D eigenvalue weighted by Gasteiger charge is -2.41. The van der Waals surface area contributed by atoms with Gasteiger partial charge in [0.2, 0.25) is 17.7 Å². The lowest BCUT2D eigenvalue weighted by atomic mass is 10.0. The zero-order valence-corrected chi connectivity index (χ0v) is 36.8. The molecule has 2 atom stereocenters. The molecule has 63 heavy (non-hydrogen) atoms. The summed E-state index contributed by atoms with van der Waals surface area (Å²) in [5.74, 6) is 0.611. The van der Waals surface area contributed by atoms with Crippen molar-refractivity contribution in [3.05, 3.63) is 131 Å². The van der Waals surface area contributed by atoms with Gasteiger partial charge in [-0.1, -0.05) is 83.8 Å². The van der Waals surface area contributed by atoms with E-state index in [1.807, 2.05) is 77.7 Å². The largest absolute Gasteiger partial charge is 0.370 e. The minimum absolute atomic E-state index is 0.0565. The molecule has 0 bridgehead atoms. The predicted octanol–water partition coefficient (Wildman–Crippen LogP) is 8.40. The number of amides is 3.